The minimum Gasteiger partial charge on any atom is -0.481 e. The van der Waals surface area contributed by atoms with Gasteiger partial charge in [0.15, 0.2) is 0 Å². The van der Waals surface area contributed by atoms with Gasteiger partial charge in [0.1, 0.15) is 6.04 Å². The summed E-state index contributed by atoms with van der Waals surface area (Å²) in [6.45, 7) is 0. The maximum absolute atomic E-state index is 13.3. The SMILES string of the molecule is O=C(O)[C@H](Cc1ccccc1)C[C@@H](Cc1ccccc1)C(=O)N[C@@H](Cc1ccccc1)C(=O)O. The number of carboxylic acid groups (broad SMARTS) is 2. The van der Waals surface area contributed by atoms with Crippen molar-refractivity contribution in [2.75, 3.05) is 0 Å². The first-order chi connectivity index (χ1) is 16.4. The number of benzene rings is 3. The highest BCUT2D eigenvalue weighted by Crippen LogP contribution is 2.22. The first-order valence-electron chi connectivity index (χ1n) is 11.3. The minimum absolute atomic E-state index is 0.0998. The summed E-state index contributed by atoms with van der Waals surface area (Å²) in [5, 5.41) is 22.2. The van der Waals surface area contributed by atoms with Crippen LogP contribution in [0.2, 0.25) is 0 Å². The zero-order valence-corrected chi connectivity index (χ0v) is 18.8. The molecule has 0 aromatic heterocycles. The van der Waals surface area contributed by atoms with E-state index in [2.05, 4.69) is 5.32 Å². The van der Waals surface area contributed by atoms with E-state index in [0.717, 1.165) is 16.7 Å². The highest BCUT2D eigenvalue weighted by Gasteiger charge is 2.30. The molecule has 3 aromatic carbocycles. The molecule has 0 bridgehead atoms. The third-order valence-electron chi connectivity index (χ3n) is 5.84. The zero-order valence-electron chi connectivity index (χ0n) is 18.8. The van der Waals surface area contributed by atoms with Gasteiger partial charge in [-0.3, -0.25) is 9.59 Å². The van der Waals surface area contributed by atoms with Crippen LogP contribution in [0, 0.1) is 11.8 Å². The second kappa shape index (κ2) is 12.3. The van der Waals surface area contributed by atoms with Gasteiger partial charge in [0.2, 0.25) is 5.91 Å². The van der Waals surface area contributed by atoms with E-state index in [9.17, 15) is 24.6 Å². The Morgan fingerprint density at radius 3 is 1.41 bits per heavy atom. The smallest absolute Gasteiger partial charge is 0.326 e. The molecule has 3 N–H and O–H groups in total. The molecule has 34 heavy (non-hydrogen) atoms. The van der Waals surface area contributed by atoms with Crippen molar-refractivity contribution in [3.63, 3.8) is 0 Å². The van der Waals surface area contributed by atoms with Crippen LogP contribution in [0.3, 0.4) is 0 Å². The van der Waals surface area contributed by atoms with Gasteiger partial charge in [-0.2, -0.15) is 0 Å². The molecule has 6 nitrogen and oxygen atoms in total. The quantitative estimate of drug-likeness (QED) is 0.380. The summed E-state index contributed by atoms with van der Waals surface area (Å²) in [5.41, 5.74) is 2.56. The number of nitrogens with one attached hydrogen (secondary N) is 1. The molecule has 6 heteroatoms. The van der Waals surface area contributed by atoms with Crippen LogP contribution >= 0.6 is 0 Å². The van der Waals surface area contributed by atoms with Crippen LogP contribution in [0.15, 0.2) is 91.0 Å². The number of hydrogen-bond donors (Lipinski definition) is 3. The summed E-state index contributed by atoms with van der Waals surface area (Å²) in [6.07, 6.45) is 0.860. The lowest BCUT2D eigenvalue weighted by molar-refractivity contribution is -0.144. The molecule has 0 unspecified atom stereocenters. The van der Waals surface area contributed by atoms with E-state index >= 15 is 0 Å². The number of carboxylic acids is 2. The summed E-state index contributed by atoms with van der Waals surface area (Å²) < 4.78 is 0. The van der Waals surface area contributed by atoms with Crippen molar-refractivity contribution in [3.05, 3.63) is 108 Å². The Bertz CT molecular complexity index is 1070. The second-order valence-corrected chi connectivity index (χ2v) is 8.44. The van der Waals surface area contributed by atoms with Crippen molar-refractivity contribution in [2.24, 2.45) is 11.8 Å². The molecule has 3 rings (SSSR count). The largest absolute Gasteiger partial charge is 0.481 e. The topological polar surface area (TPSA) is 104 Å². The predicted molar refractivity (Wildman–Crippen MR) is 129 cm³/mol. The average Bonchev–Trinajstić information content (AvgIpc) is 2.84. The lowest BCUT2D eigenvalue weighted by Gasteiger charge is -2.23. The molecule has 0 radical (unpaired) electrons. The molecule has 0 aliphatic carbocycles. The van der Waals surface area contributed by atoms with Gasteiger partial charge >= 0.3 is 11.9 Å². The zero-order chi connectivity index (χ0) is 24.3. The van der Waals surface area contributed by atoms with Gasteiger partial charge in [-0.1, -0.05) is 91.0 Å². The fraction of sp³-hybridized carbons (Fsp3) is 0.250. The average molecular weight is 460 g/mol. The Morgan fingerprint density at radius 2 is 1.00 bits per heavy atom. The summed E-state index contributed by atoms with van der Waals surface area (Å²) >= 11 is 0. The van der Waals surface area contributed by atoms with Gasteiger partial charge in [0, 0.05) is 12.3 Å². The Balaban J connectivity index is 1.79. The highest BCUT2D eigenvalue weighted by molar-refractivity contribution is 5.86. The lowest BCUT2D eigenvalue weighted by Crippen LogP contribution is -2.46. The molecule has 0 heterocycles. The van der Waals surface area contributed by atoms with E-state index in [1.165, 1.54) is 0 Å². The van der Waals surface area contributed by atoms with Crippen molar-refractivity contribution >= 4 is 17.8 Å². The number of hydrogen-bond acceptors (Lipinski definition) is 3. The fourth-order valence-electron chi connectivity index (χ4n) is 4.03. The van der Waals surface area contributed by atoms with E-state index in [0.29, 0.717) is 12.8 Å². The highest BCUT2D eigenvalue weighted by atomic mass is 16.4. The molecule has 0 saturated carbocycles. The van der Waals surface area contributed by atoms with Gasteiger partial charge in [-0.15, -0.1) is 0 Å². The molecule has 176 valence electrons. The summed E-state index contributed by atoms with van der Waals surface area (Å²) in [5.74, 6) is -4.03. The maximum atomic E-state index is 13.3. The Hall–Kier alpha value is -3.93. The lowest BCUT2D eigenvalue weighted by atomic mass is 9.85. The van der Waals surface area contributed by atoms with Crippen LogP contribution in [0.1, 0.15) is 23.1 Å². The minimum atomic E-state index is -1.13. The Labute approximate surface area is 199 Å². The number of aliphatic carboxylic acids is 2. The number of carbonyl (C=O) groups excluding carboxylic acids is 1. The molecule has 3 atom stereocenters. The second-order valence-electron chi connectivity index (χ2n) is 8.44. The molecule has 0 aliphatic rings. The van der Waals surface area contributed by atoms with E-state index in [4.69, 9.17) is 0 Å². The Morgan fingerprint density at radius 1 is 0.588 bits per heavy atom. The van der Waals surface area contributed by atoms with Gasteiger partial charge in [-0.25, -0.2) is 4.79 Å². The molecule has 3 aromatic rings. The fourth-order valence-corrected chi connectivity index (χ4v) is 4.03. The Kier molecular flexibility index (Phi) is 8.97. The summed E-state index contributed by atoms with van der Waals surface area (Å²) in [6, 6.07) is 26.6. The predicted octanol–water partition coefficient (Wildman–Crippen LogP) is 3.99. The molecule has 0 fully saturated rings. The van der Waals surface area contributed by atoms with Crippen molar-refractivity contribution in [1.82, 2.24) is 5.32 Å². The van der Waals surface area contributed by atoms with Crippen molar-refractivity contribution in [3.8, 4) is 0 Å². The van der Waals surface area contributed by atoms with E-state index in [1.807, 2.05) is 91.0 Å². The van der Waals surface area contributed by atoms with Crippen LogP contribution in [0.4, 0.5) is 0 Å². The van der Waals surface area contributed by atoms with Gasteiger partial charge in [0.25, 0.3) is 0 Å². The van der Waals surface area contributed by atoms with Crippen molar-refractivity contribution < 1.29 is 24.6 Å². The van der Waals surface area contributed by atoms with Gasteiger partial charge < -0.3 is 15.5 Å². The van der Waals surface area contributed by atoms with Crippen LogP contribution < -0.4 is 5.32 Å². The van der Waals surface area contributed by atoms with Gasteiger partial charge in [-0.05, 0) is 36.0 Å². The summed E-state index contributed by atoms with van der Waals surface area (Å²) in [7, 11) is 0. The van der Waals surface area contributed by atoms with Gasteiger partial charge in [0.05, 0.1) is 5.92 Å². The summed E-state index contributed by atoms with van der Waals surface area (Å²) in [4.78, 5) is 37.2. The number of carbonyl (C=O) groups is 3. The van der Waals surface area contributed by atoms with E-state index < -0.39 is 35.7 Å². The molecule has 0 spiro atoms. The standard InChI is InChI=1S/C28H29NO5/c30-26(29-25(28(33)34)18-22-14-8-3-9-15-22)23(16-20-10-4-1-5-11-20)19-24(27(31)32)17-21-12-6-2-7-13-21/h1-15,23-25H,16-19H2,(H,29,30)(H,31,32)(H,33,34)/t23-,24-,25+/m1/s1. The van der Waals surface area contributed by atoms with Crippen molar-refractivity contribution in [1.29, 1.82) is 0 Å². The molecular weight excluding hydrogens is 430 g/mol. The first-order valence-corrected chi connectivity index (χ1v) is 11.3. The van der Waals surface area contributed by atoms with Crippen LogP contribution in [-0.4, -0.2) is 34.1 Å². The maximum Gasteiger partial charge on any atom is 0.326 e. The van der Waals surface area contributed by atoms with E-state index in [-0.39, 0.29) is 12.8 Å². The molecule has 0 aliphatic heterocycles. The first kappa shape index (κ1) is 24.7. The third kappa shape index (κ3) is 7.59. The molecular formula is C28H29NO5. The van der Waals surface area contributed by atoms with Crippen LogP contribution in [0.5, 0.6) is 0 Å². The van der Waals surface area contributed by atoms with Crippen LogP contribution in [-0.2, 0) is 33.6 Å². The molecule has 0 saturated heterocycles. The monoisotopic (exact) mass is 459 g/mol. The number of amides is 1. The normalized spacial score (nSPS) is 13.4. The number of rotatable bonds is 12. The van der Waals surface area contributed by atoms with Crippen LogP contribution in [0.25, 0.3) is 0 Å². The van der Waals surface area contributed by atoms with Crippen molar-refractivity contribution in [2.45, 2.75) is 31.7 Å². The van der Waals surface area contributed by atoms with E-state index in [1.54, 1.807) is 0 Å². The molecule has 1 amide bonds. The third-order valence-corrected chi connectivity index (χ3v) is 5.84.